The van der Waals surface area contributed by atoms with Crippen LogP contribution in [0.2, 0.25) is 0 Å². The Morgan fingerprint density at radius 3 is 2.17 bits per heavy atom. The molecule has 1 rings (SSSR count). The molecular weight excluding hydrogens is 276 g/mol. The van der Waals surface area contributed by atoms with Crippen molar-refractivity contribution in [3.63, 3.8) is 0 Å². The molecule has 6 nitrogen and oxygen atoms in total. The van der Waals surface area contributed by atoms with Crippen molar-refractivity contribution in [2.24, 2.45) is 0 Å². The van der Waals surface area contributed by atoms with E-state index in [4.69, 9.17) is 5.26 Å². The predicted molar refractivity (Wildman–Crippen MR) is 66.1 cm³/mol. The van der Waals surface area contributed by atoms with Gasteiger partial charge in [0.1, 0.15) is 9.84 Å². The standard InChI is InChI=1S/C10H12N2O4S2/c1-17(13,14)7-6-12-18(15,16)10-4-2-9(8-11)3-5-10/h2-5,12H,6-7H2,1H3. The number of sulfonamides is 1. The second-order valence-electron chi connectivity index (χ2n) is 3.66. The van der Waals surface area contributed by atoms with Gasteiger partial charge >= 0.3 is 0 Å². The van der Waals surface area contributed by atoms with Crippen molar-refractivity contribution in [3.05, 3.63) is 29.8 Å². The molecule has 0 saturated heterocycles. The van der Waals surface area contributed by atoms with Gasteiger partial charge in [0.2, 0.25) is 10.0 Å². The van der Waals surface area contributed by atoms with Crippen LogP contribution in [0.4, 0.5) is 0 Å². The molecule has 0 radical (unpaired) electrons. The van der Waals surface area contributed by atoms with Crippen LogP contribution in [0.25, 0.3) is 0 Å². The van der Waals surface area contributed by atoms with Gasteiger partial charge in [-0.15, -0.1) is 0 Å². The molecule has 0 amide bonds. The van der Waals surface area contributed by atoms with Gasteiger partial charge in [0.15, 0.2) is 0 Å². The topological polar surface area (TPSA) is 104 Å². The predicted octanol–water partition coefficient (Wildman–Crippen LogP) is -0.119. The van der Waals surface area contributed by atoms with E-state index >= 15 is 0 Å². The molecule has 0 bridgehead atoms. The van der Waals surface area contributed by atoms with Crippen LogP contribution in [0, 0.1) is 11.3 Å². The Hall–Kier alpha value is -1.43. The lowest BCUT2D eigenvalue weighted by molar-refractivity contribution is 0.582. The van der Waals surface area contributed by atoms with E-state index in [1.165, 1.54) is 24.3 Å². The number of sulfone groups is 1. The van der Waals surface area contributed by atoms with Crippen molar-refractivity contribution < 1.29 is 16.8 Å². The van der Waals surface area contributed by atoms with Gasteiger partial charge in [0, 0.05) is 12.8 Å². The third-order valence-electron chi connectivity index (χ3n) is 2.06. The van der Waals surface area contributed by atoms with E-state index in [9.17, 15) is 16.8 Å². The van der Waals surface area contributed by atoms with Crippen molar-refractivity contribution in [2.45, 2.75) is 4.90 Å². The van der Waals surface area contributed by atoms with E-state index in [2.05, 4.69) is 4.72 Å². The van der Waals surface area contributed by atoms with Crippen LogP contribution in [-0.4, -0.2) is 35.4 Å². The molecule has 18 heavy (non-hydrogen) atoms. The van der Waals surface area contributed by atoms with Gasteiger partial charge in [0.25, 0.3) is 0 Å². The normalized spacial score (nSPS) is 12.0. The van der Waals surface area contributed by atoms with Crippen LogP contribution >= 0.6 is 0 Å². The number of nitriles is 1. The van der Waals surface area contributed by atoms with Crippen molar-refractivity contribution in [1.82, 2.24) is 4.72 Å². The first-order valence-corrected chi connectivity index (χ1v) is 8.46. The largest absolute Gasteiger partial charge is 0.240 e. The summed E-state index contributed by atoms with van der Waals surface area (Å²) in [5.74, 6) is -0.261. The molecule has 0 unspecified atom stereocenters. The Morgan fingerprint density at radius 1 is 1.17 bits per heavy atom. The molecule has 0 heterocycles. The quantitative estimate of drug-likeness (QED) is 0.813. The van der Waals surface area contributed by atoms with Crippen LogP contribution in [0.15, 0.2) is 29.2 Å². The Bertz CT molecular complexity index is 655. The number of nitrogens with one attached hydrogen (secondary N) is 1. The smallest absolute Gasteiger partial charge is 0.229 e. The Kier molecular flexibility index (Phi) is 4.45. The average Bonchev–Trinajstić information content (AvgIpc) is 2.27. The maximum atomic E-state index is 11.7. The maximum absolute atomic E-state index is 11.7. The van der Waals surface area contributed by atoms with Gasteiger partial charge in [-0.3, -0.25) is 0 Å². The third-order valence-corrected chi connectivity index (χ3v) is 4.48. The summed E-state index contributed by atoms with van der Waals surface area (Å²) in [6.07, 6.45) is 1.03. The first-order valence-electron chi connectivity index (χ1n) is 4.92. The summed E-state index contributed by atoms with van der Waals surface area (Å²) in [4.78, 5) is -0.00463. The highest BCUT2D eigenvalue weighted by Gasteiger charge is 2.14. The Morgan fingerprint density at radius 2 is 1.72 bits per heavy atom. The van der Waals surface area contributed by atoms with Gasteiger partial charge in [0.05, 0.1) is 22.3 Å². The minimum Gasteiger partial charge on any atom is -0.229 e. The number of hydrogen-bond donors (Lipinski definition) is 1. The minimum atomic E-state index is -3.73. The van der Waals surface area contributed by atoms with Gasteiger partial charge < -0.3 is 0 Å². The molecule has 0 atom stereocenters. The van der Waals surface area contributed by atoms with Crippen LogP contribution in [0.1, 0.15) is 5.56 Å². The number of hydrogen-bond acceptors (Lipinski definition) is 5. The molecule has 1 aromatic rings. The van der Waals surface area contributed by atoms with Crippen LogP contribution < -0.4 is 4.72 Å². The van der Waals surface area contributed by atoms with E-state index in [1.807, 2.05) is 6.07 Å². The molecule has 1 N–H and O–H groups in total. The fourth-order valence-corrected chi connectivity index (χ4v) is 2.79. The highest BCUT2D eigenvalue weighted by atomic mass is 32.2. The molecule has 0 spiro atoms. The highest BCUT2D eigenvalue weighted by molar-refractivity contribution is 7.91. The van der Waals surface area contributed by atoms with Gasteiger partial charge in [-0.05, 0) is 24.3 Å². The zero-order valence-corrected chi connectivity index (χ0v) is 11.3. The maximum Gasteiger partial charge on any atom is 0.240 e. The number of benzene rings is 1. The van der Waals surface area contributed by atoms with Crippen molar-refractivity contribution in [1.29, 1.82) is 5.26 Å². The minimum absolute atomic E-state index is 0.00463. The molecule has 0 aliphatic heterocycles. The summed E-state index contributed by atoms with van der Waals surface area (Å²) in [5.41, 5.74) is 0.352. The lowest BCUT2D eigenvalue weighted by Gasteiger charge is -2.05. The zero-order valence-electron chi connectivity index (χ0n) is 9.62. The third kappa shape index (κ3) is 4.44. The molecule has 0 aliphatic carbocycles. The van der Waals surface area contributed by atoms with E-state index in [-0.39, 0.29) is 17.2 Å². The molecule has 0 aromatic heterocycles. The average molecular weight is 288 g/mol. The molecular formula is C10H12N2O4S2. The molecule has 0 fully saturated rings. The lowest BCUT2D eigenvalue weighted by Crippen LogP contribution is -2.28. The van der Waals surface area contributed by atoms with Gasteiger partial charge in [-0.25, -0.2) is 21.6 Å². The van der Waals surface area contributed by atoms with E-state index < -0.39 is 19.9 Å². The highest BCUT2D eigenvalue weighted by Crippen LogP contribution is 2.09. The second kappa shape index (κ2) is 5.48. The van der Waals surface area contributed by atoms with E-state index in [1.54, 1.807) is 0 Å². The number of nitrogens with zero attached hydrogens (tertiary/aromatic N) is 1. The van der Waals surface area contributed by atoms with Crippen LogP contribution in [0.5, 0.6) is 0 Å². The SMILES string of the molecule is CS(=O)(=O)CCNS(=O)(=O)c1ccc(C#N)cc1. The van der Waals surface area contributed by atoms with Crippen LogP contribution in [0.3, 0.4) is 0 Å². The van der Waals surface area contributed by atoms with Gasteiger partial charge in [-0.1, -0.05) is 0 Å². The molecule has 98 valence electrons. The fourth-order valence-electron chi connectivity index (χ4n) is 1.15. The molecule has 0 saturated carbocycles. The molecule has 8 heteroatoms. The zero-order chi connectivity index (χ0) is 13.8. The molecule has 1 aromatic carbocycles. The Balaban J connectivity index is 2.78. The first-order chi connectivity index (χ1) is 8.24. The monoisotopic (exact) mass is 288 g/mol. The van der Waals surface area contributed by atoms with Gasteiger partial charge in [-0.2, -0.15) is 5.26 Å². The summed E-state index contributed by atoms with van der Waals surface area (Å²) in [5, 5.41) is 8.58. The number of rotatable bonds is 5. The van der Waals surface area contributed by atoms with E-state index in [0.29, 0.717) is 5.56 Å². The van der Waals surface area contributed by atoms with Crippen molar-refractivity contribution in [2.75, 3.05) is 18.6 Å². The van der Waals surface area contributed by atoms with Crippen molar-refractivity contribution in [3.8, 4) is 6.07 Å². The Labute approximate surface area is 106 Å². The summed E-state index contributed by atoms with van der Waals surface area (Å²) >= 11 is 0. The summed E-state index contributed by atoms with van der Waals surface area (Å²) in [7, 11) is -6.94. The lowest BCUT2D eigenvalue weighted by atomic mass is 10.2. The summed E-state index contributed by atoms with van der Waals surface area (Å²) < 4.78 is 47.4. The first kappa shape index (κ1) is 14.6. The van der Waals surface area contributed by atoms with Crippen LogP contribution in [-0.2, 0) is 19.9 Å². The summed E-state index contributed by atoms with van der Waals surface area (Å²) in [6.45, 7) is -0.179. The van der Waals surface area contributed by atoms with E-state index in [0.717, 1.165) is 6.26 Å². The second-order valence-corrected chi connectivity index (χ2v) is 7.69. The fraction of sp³-hybridized carbons (Fsp3) is 0.300. The molecule has 0 aliphatic rings. The summed E-state index contributed by atoms with van der Waals surface area (Å²) in [6, 6.07) is 7.22. The van der Waals surface area contributed by atoms with Crippen molar-refractivity contribution >= 4 is 19.9 Å².